The monoisotopic (exact) mass is 436 g/mol. The Balaban J connectivity index is 1.76. The van der Waals surface area contributed by atoms with E-state index in [9.17, 15) is 26.7 Å². The van der Waals surface area contributed by atoms with Crippen LogP contribution in [0.5, 0.6) is 5.75 Å². The predicted octanol–water partition coefficient (Wildman–Crippen LogP) is 5.28. The average molecular weight is 436 g/mol. The Bertz CT molecular complexity index is 1090. The number of nitrogens with zero attached hydrogens (tertiary/aromatic N) is 1. The van der Waals surface area contributed by atoms with Crippen LogP contribution in [0.25, 0.3) is 0 Å². The molecule has 31 heavy (non-hydrogen) atoms. The van der Waals surface area contributed by atoms with E-state index >= 15 is 0 Å². The summed E-state index contributed by atoms with van der Waals surface area (Å²) in [7, 11) is 3.68. The van der Waals surface area contributed by atoms with Crippen molar-refractivity contribution in [3.8, 4) is 5.75 Å². The lowest BCUT2D eigenvalue weighted by Crippen LogP contribution is -2.18. The van der Waals surface area contributed by atoms with Crippen LogP contribution in [0.15, 0.2) is 48.5 Å². The van der Waals surface area contributed by atoms with Gasteiger partial charge in [-0.15, -0.1) is 0 Å². The molecule has 0 aliphatic carbocycles. The van der Waals surface area contributed by atoms with E-state index in [1.807, 2.05) is 36.2 Å². The normalized spacial score (nSPS) is 10.7. The van der Waals surface area contributed by atoms with Gasteiger partial charge in [0, 0.05) is 20.6 Å². The second-order valence-corrected chi connectivity index (χ2v) is 6.61. The lowest BCUT2D eigenvalue weighted by molar-refractivity contribution is 0.0716. The van der Waals surface area contributed by atoms with Crippen molar-refractivity contribution in [1.82, 2.24) is 0 Å². The minimum atomic E-state index is -2.33. The molecule has 0 radical (unpaired) electrons. The first-order chi connectivity index (χ1) is 14.7. The topological polar surface area (TPSA) is 41.6 Å². The Labute approximate surface area is 174 Å². The molecule has 0 fully saturated rings. The van der Waals surface area contributed by atoms with Crippen LogP contribution < -0.4 is 15.0 Å². The maximum absolute atomic E-state index is 13.7. The Hall–Kier alpha value is -3.62. The fourth-order valence-corrected chi connectivity index (χ4v) is 2.95. The molecule has 0 saturated carbocycles. The number of para-hydroxylation sites is 2. The molecule has 0 amide bonds. The molecule has 0 unspecified atom stereocenters. The van der Waals surface area contributed by atoms with Crippen LogP contribution in [0.3, 0.4) is 0 Å². The van der Waals surface area contributed by atoms with E-state index < -0.39 is 40.8 Å². The third kappa shape index (κ3) is 4.45. The predicted molar refractivity (Wildman–Crippen MR) is 106 cm³/mol. The van der Waals surface area contributed by atoms with Gasteiger partial charge in [0.05, 0.1) is 16.9 Å². The van der Waals surface area contributed by atoms with Gasteiger partial charge in [-0.25, -0.2) is 18.0 Å². The summed E-state index contributed by atoms with van der Waals surface area (Å²) < 4.78 is 71.5. The molecule has 3 aromatic rings. The zero-order valence-corrected chi connectivity index (χ0v) is 16.5. The van der Waals surface area contributed by atoms with E-state index in [2.05, 4.69) is 10.1 Å². The minimum Gasteiger partial charge on any atom is -0.416 e. The third-order valence-corrected chi connectivity index (χ3v) is 4.56. The van der Waals surface area contributed by atoms with Gasteiger partial charge in [-0.05, 0) is 29.8 Å². The molecular weight excluding hydrogens is 419 g/mol. The Morgan fingerprint density at radius 1 is 0.871 bits per heavy atom. The fourth-order valence-electron chi connectivity index (χ4n) is 2.95. The molecule has 0 heterocycles. The summed E-state index contributed by atoms with van der Waals surface area (Å²) in [6.07, 6.45) is 0. The summed E-state index contributed by atoms with van der Waals surface area (Å²) in [5.41, 5.74) is 2.56. The van der Waals surface area contributed by atoms with Crippen LogP contribution in [0, 0.1) is 29.1 Å². The maximum atomic E-state index is 13.7. The summed E-state index contributed by atoms with van der Waals surface area (Å²) in [5.74, 6) is -14.1. The van der Waals surface area contributed by atoms with Gasteiger partial charge in [0.15, 0.2) is 0 Å². The van der Waals surface area contributed by atoms with Crippen LogP contribution in [0.2, 0.25) is 0 Å². The van der Waals surface area contributed by atoms with Gasteiger partial charge < -0.3 is 15.0 Å². The van der Waals surface area contributed by atoms with Crippen molar-refractivity contribution in [3.05, 3.63) is 88.7 Å². The molecule has 0 aromatic heterocycles. The largest absolute Gasteiger partial charge is 0.416 e. The number of nitrogens with one attached hydrogen (secondary N) is 1. The summed E-state index contributed by atoms with van der Waals surface area (Å²) in [6, 6.07) is 13.5. The standard InChI is InChI=1S/C22H17F5N2O2/c1-28-14-5-3-4-6-15(14)29(2)11-12-7-9-13(10-8-12)22(30)31-21-19(26)17(24)16(23)18(25)20(21)27/h3-10,28H,11H2,1-2H3. The first-order valence-corrected chi connectivity index (χ1v) is 9.05. The van der Waals surface area contributed by atoms with Crippen molar-refractivity contribution in [2.24, 2.45) is 0 Å². The second-order valence-electron chi connectivity index (χ2n) is 6.61. The van der Waals surface area contributed by atoms with Crippen molar-refractivity contribution < 1.29 is 31.5 Å². The zero-order valence-electron chi connectivity index (χ0n) is 16.5. The molecule has 0 bridgehead atoms. The Kier molecular flexibility index (Phi) is 6.43. The number of rotatable bonds is 6. The van der Waals surface area contributed by atoms with E-state index in [4.69, 9.17) is 0 Å². The van der Waals surface area contributed by atoms with Crippen LogP contribution in [0.1, 0.15) is 15.9 Å². The lowest BCUT2D eigenvalue weighted by Gasteiger charge is -2.22. The van der Waals surface area contributed by atoms with E-state index in [0.29, 0.717) is 6.54 Å². The average Bonchev–Trinajstić information content (AvgIpc) is 2.79. The Morgan fingerprint density at radius 3 is 2.00 bits per heavy atom. The number of ether oxygens (including phenoxy) is 1. The number of benzene rings is 3. The summed E-state index contributed by atoms with van der Waals surface area (Å²) in [6.45, 7) is 0.478. The van der Waals surface area contributed by atoms with Gasteiger partial charge in [0.2, 0.25) is 34.8 Å². The molecule has 9 heteroatoms. The smallest absolute Gasteiger partial charge is 0.343 e. The zero-order chi connectivity index (χ0) is 22.7. The number of hydrogen-bond donors (Lipinski definition) is 1. The van der Waals surface area contributed by atoms with Crippen LogP contribution in [-0.2, 0) is 6.54 Å². The summed E-state index contributed by atoms with van der Waals surface area (Å²) in [4.78, 5) is 14.1. The second kappa shape index (κ2) is 9.03. The molecule has 0 aliphatic heterocycles. The van der Waals surface area contributed by atoms with Crippen molar-refractivity contribution >= 4 is 17.3 Å². The number of anilines is 2. The Morgan fingerprint density at radius 2 is 1.42 bits per heavy atom. The van der Waals surface area contributed by atoms with Crippen LogP contribution in [0.4, 0.5) is 33.3 Å². The van der Waals surface area contributed by atoms with Crippen LogP contribution >= 0.6 is 0 Å². The molecule has 3 aromatic carbocycles. The van der Waals surface area contributed by atoms with Gasteiger partial charge in [-0.1, -0.05) is 24.3 Å². The van der Waals surface area contributed by atoms with E-state index in [0.717, 1.165) is 16.9 Å². The van der Waals surface area contributed by atoms with Gasteiger partial charge in [0.1, 0.15) is 0 Å². The van der Waals surface area contributed by atoms with Gasteiger partial charge in [-0.2, -0.15) is 8.78 Å². The molecule has 0 atom stereocenters. The van der Waals surface area contributed by atoms with Gasteiger partial charge in [-0.3, -0.25) is 0 Å². The minimum absolute atomic E-state index is 0.119. The molecule has 162 valence electrons. The summed E-state index contributed by atoms with van der Waals surface area (Å²) >= 11 is 0. The van der Waals surface area contributed by atoms with Crippen molar-refractivity contribution in [2.75, 3.05) is 24.3 Å². The molecule has 0 spiro atoms. The quantitative estimate of drug-likeness (QED) is 0.188. The number of esters is 1. The highest BCUT2D eigenvalue weighted by Gasteiger charge is 2.28. The van der Waals surface area contributed by atoms with Gasteiger partial charge >= 0.3 is 5.97 Å². The van der Waals surface area contributed by atoms with Crippen LogP contribution in [-0.4, -0.2) is 20.1 Å². The first kappa shape index (κ1) is 22.1. The third-order valence-electron chi connectivity index (χ3n) is 4.56. The highest BCUT2D eigenvalue weighted by atomic mass is 19.2. The summed E-state index contributed by atoms with van der Waals surface area (Å²) in [5, 5.41) is 3.09. The molecular formula is C22H17F5N2O2. The molecule has 0 saturated heterocycles. The highest BCUT2D eigenvalue weighted by Crippen LogP contribution is 2.30. The van der Waals surface area contributed by atoms with Crippen molar-refractivity contribution in [3.63, 3.8) is 0 Å². The fraction of sp³-hybridized carbons (Fsp3) is 0.136. The maximum Gasteiger partial charge on any atom is 0.343 e. The first-order valence-electron chi connectivity index (χ1n) is 9.05. The van der Waals surface area contributed by atoms with Gasteiger partial charge in [0.25, 0.3) is 0 Å². The van der Waals surface area contributed by atoms with Crippen molar-refractivity contribution in [2.45, 2.75) is 6.54 Å². The lowest BCUT2D eigenvalue weighted by atomic mass is 10.1. The van der Waals surface area contributed by atoms with Crippen molar-refractivity contribution in [1.29, 1.82) is 0 Å². The number of halogens is 5. The van der Waals surface area contributed by atoms with E-state index in [1.54, 1.807) is 19.2 Å². The number of hydrogen-bond acceptors (Lipinski definition) is 4. The molecule has 3 rings (SSSR count). The number of carbonyl (C=O) groups is 1. The van der Waals surface area contributed by atoms with E-state index in [1.165, 1.54) is 12.1 Å². The molecule has 4 nitrogen and oxygen atoms in total. The SMILES string of the molecule is CNc1ccccc1N(C)Cc1ccc(C(=O)Oc2c(F)c(F)c(F)c(F)c2F)cc1. The molecule has 1 N–H and O–H groups in total. The highest BCUT2D eigenvalue weighted by molar-refractivity contribution is 5.91. The van der Waals surface area contributed by atoms with E-state index in [-0.39, 0.29) is 5.56 Å². The number of carbonyl (C=O) groups excluding carboxylic acids is 1. The molecule has 0 aliphatic rings.